The number of carbonyl (C=O) groups is 2. The monoisotopic (exact) mass is 401 g/mol. The molecule has 0 bridgehead atoms. The van der Waals surface area contributed by atoms with Gasteiger partial charge in [-0.2, -0.15) is 13.2 Å². The van der Waals surface area contributed by atoms with Gasteiger partial charge in [0.1, 0.15) is 6.61 Å². The molecule has 0 saturated heterocycles. The number of amides is 1. The fourth-order valence-corrected chi connectivity index (χ4v) is 2.34. The van der Waals surface area contributed by atoms with Gasteiger partial charge in [-0.25, -0.2) is 4.79 Å². The summed E-state index contributed by atoms with van der Waals surface area (Å²) >= 11 is 5.89. The SMILES string of the molecule is COCC(=O)O[C@@H](C(=O)Nc1cc(C(F)(F)F)ccc1Cl)c1ccccc1. The van der Waals surface area contributed by atoms with Gasteiger partial charge in [0.2, 0.25) is 6.10 Å². The largest absolute Gasteiger partial charge is 0.446 e. The smallest absolute Gasteiger partial charge is 0.416 e. The number of halogens is 4. The van der Waals surface area contributed by atoms with Crippen LogP contribution < -0.4 is 5.32 Å². The molecule has 5 nitrogen and oxygen atoms in total. The number of carbonyl (C=O) groups excluding carboxylic acids is 2. The molecule has 144 valence electrons. The quantitative estimate of drug-likeness (QED) is 0.736. The molecule has 9 heteroatoms. The van der Waals surface area contributed by atoms with Crippen molar-refractivity contribution in [3.05, 3.63) is 64.7 Å². The van der Waals surface area contributed by atoms with Crippen molar-refractivity contribution >= 4 is 29.2 Å². The first-order chi connectivity index (χ1) is 12.7. The van der Waals surface area contributed by atoms with Crippen LogP contribution in [0.2, 0.25) is 5.02 Å². The fourth-order valence-electron chi connectivity index (χ4n) is 2.18. The fraction of sp³-hybridized carbons (Fsp3) is 0.222. The van der Waals surface area contributed by atoms with Crippen LogP contribution in [0.1, 0.15) is 17.2 Å². The molecule has 1 atom stereocenters. The summed E-state index contributed by atoms with van der Waals surface area (Å²) in [6.45, 7) is -0.388. The predicted molar refractivity (Wildman–Crippen MR) is 92.2 cm³/mol. The van der Waals surface area contributed by atoms with E-state index in [2.05, 4.69) is 10.1 Å². The molecule has 0 radical (unpaired) electrons. The zero-order valence-corrected chi connectivity index (χ0v) is 14.8. The Labute approximate surface area is 158 Å². The number of methoxy groups -OCH3 is 1. The second-order valence-corrected chi connectivity index (χ2v) is 5.80. The van der Waals surface area contributed by atoms with Crippen molar-refractivity contribution in [1.29, 1.82) is 0 Å². The minimum atomic E-state index is -4.60. The topological polar surface area (TPSA) is 64.6 Å². The number of alkyl halides is 3. The van der Waals surface area contributed by atoms with Crippen LogP contribution in [0.4, 0.5) is 18.9 Å². The van der Waals surface area contributed by atoms with Gasteiger partial charge in [0.25, 0.3) is 5.91 Å². The highest BCUT2D eigenvalue weighted by Crippen LogP contribution is 2.34. The van der Waals surface area contributed by atoms with E-state index in [0.717, 1.165) is 12.1 Å². The lowest BCUT2D eigenvalue weighted by Gasteiger charge is -2.19. The maximum absolute atomic E-state index is 12.9. The highest BCUT2D eigenvalue weighted by atomic mass is 35.5. The minimum Gasteiger partial charge on any atom is -0.446 e. The summed E-state index contributed by atoms with van der Waals surface area (Å²) in [7, 11) is 1.28. The van der Waals surface area contributed by atoms with Gasteiger partial charge in [-0.15, -0.1) is 0 Å². The van der Waals surface area contributed by atoms with Crippen molar-refractivity contribution in [2.45, 2.75) is 12.3 Å². The lowest BCUT2D eigenvalue weighted by molar-refractivity contribution is -0.158. The highest BCUT2D eigenvalue weighted by Gasteiger charge is 2.32. The number of anilines is 1. The average Bonchev–Trinajstić information content (AvgIpc) is 2.61. The van der Waals surface area contributed by atoms with Gasteiger partial charge < -0.3 is 14.8 Å². The lowest BCUT2D eigenvalue weighted by atomic mass is 10.1. The van der Waals surface area contributed by atoms with Crippen LogP contribution in [0.5, 0.6) is 0 Å². The number of benzene rings is 2. The van der Waals surface area contributed by atoms with Crippen LogP contribution in [0, 0.1) is 0 Å². The lowest BCUT2D eigenvalue weighted by Crippen LogP contribution is -2.27. The van der Waals surface area contributed by atoms with Crippen molar-refractivity contribution < 1.29 is 32.2 Å². The van der Waals surface area contributed by atoms with Gasteiger partial charge in [0.05, 0.1) is 16.3 Å². The van der Waals surface area contributed by atoms with E-state index < -0.39 is 29.7 Å². The first-order valence-electron chi connectivity index (χ1n) is 7.63. The van der Waals surface area contributed by atoms with Crippen molar-refractivity contribution in [2.24, 2.45) is 0 Å². The molecule has 0 saturated carbocycles. The summed E-state index contributed by atoms with van der Waals surface area (Å²) < 4.78 is 48.4. The van der Waals surface area contributed by atoms with Crippen LogP contribution in [0.15, 0.2) is 48.5 Å². The molecular formula is C18H15ClF3NO4. The van der Waals surface area contributed by atoms with Crippen LogP contribution in [0.25, 0.3) is 0 Å². The summed E-state index contributed by atoms with van der Waals surface area (Å²) in [6.07, 6.45) is -5.99. The van der Waals surface area contributed by atoms with E-state index in [0.29, 0.717) is 11.6 Å². The molecule has 0 aliphatic rings. The number of ether oxygens (including phenoxy) is 2. The van der Waals surface area contributed by atoms with Gasteiger partial charge in [-0.1, -0.05) is 41.9 Å². The van der Waals surface area contributed by atoms with Crippen LogP contribution >= 0.6 is 11.6 Å². The molecule has 2 aromatic carbocycles. The number of rotatable bonds is 6. The van der Waals surface area contributed by atoms with Crippen molar-refractivity contribution in [3.8, 4) is 0 Å². The van der Waals surface area contributed by atoms with Crippen molar-refractivity contribution in [3.63, 3.8) is 0 Å². The van der Waals surface area contributed by atoms with E-state index in [9.17, 15) is 22.8 Å². The molecule has 0 heterocycles. The van der Waals surface area contributed by atoms with E-state index >= 15 is 0 Å². The summed E-state index contributed by atoms with van der Waals surface area (Å²) in [6, 6.07) is 10.5. The van der Waals surface area contributed by atoms with Gasteiger partial charge >= 0.3 is 12.1 Å². The summed E-state index contributed by atoms with van der Waals surface area (Å²) in [5.41, 5.74) is -0.891. The standard InChI is InChI=1S/C18H15ClF3NO4/c1-26-10-15(24)27-16(11-5-3-2-4-6-11)17(25)23-14-9-12(18(20,21)22)7-8-13(14)19/h2-9,16H,10H2,1H3,(H,23,25)/t16-/m1/s1. The van der Waals surface area contributed by atoms with Crippen LogP contribution in [0.3, 0.4) is 0 Å². The van der Waals surface area contributed by atoms with E-state index in [-0.39, 0.29) is 17.3 Å². The molecule has 1 amide bonds. The van der Waals surface area contributed by atoms with Crippen LogP contribution in [-0.4, -0.2) is 25.6 Å². The van der Waals surface area contributed by atoms with Crippen LogP contribution in [-0.2, 0) is 25.2 Å². The second-order valence-electron chi connectivity index (χ2n) is 5.40. The number of hydrogen-bond acceptors (Lipinski definition) is 4. The Kier molecular flexibility index (Phi) is 6.81. The minimum absolute atomic E-state index is 0.0913. The molecule has 2 rings (SSSR count). The van der Waals surface area contributed by atoms with E-state index in [4.69, 9.17) is 16.3 Å². The summed E-state index contributed by atoms with van der Waals surface area (Å²) in [5, 5.41) is 2.19. The van der Waals surface area contributed by atoms with Gasteiger partial charge in [-0.3, -0.25) is 4.79 Å². The summed E-state index contributed by atoms with van der Waals surface area (Å²) in [4.78, 5) is 24.3. The molecule has 2 aromatic rings. The maximum atomic E-state index is 12.9. The van der Waals surface area contributed by atoms with Crippen molar-refractivity contribution in [2.75, 3.05) is 19.0 Å². The Hall–Kier alpha value is -2.58. The molecule has 0 aliphatic heterocycles. The number of esters is 1. The summed E-state index contributed by atoms with van der Waals surface area (Å²) in [5.74, 6) is -1.66. The third kappa shape index (κ3) is 5.70. The Balaban J connectivity index is 2.29. The molecule has 27 heavy (non-hydrogen) atoms. The third-order valence-corrected chi connectivity index (χ3v) is 3.73. The zero-order chi connectivity index (χ0) is 20.0. The molecular weight excluding hydrogens is 387 g/mol. The Morgan fingerprint density at radius 1 is 1.15 bits per heavy atom. The Morgan fingerprint density at radius 2 is 1.81 bits per heavy atom. The number of nitrogens with one attached hydrogen (secondary N) is 1. The molecule has 0 fully saturated rings. The maximum Gasteiger partial charge on any atom is 0.416 e. The third-order valence-electron chi connectivity index (χ3n) is 3.40. The molecule has 0 aromatic heterocycles. The zero-order valence-electron chi connectivity index (χ0n) is 14.0. The van der Waals surface area contributed by atoms with E-state index in [1.165, 1.54) is 19.2 Å². The van der Waals surface area contributed by atoms with Gasteiger partial charge in [0.15, 0.2) is 0 Å². The van der Waals surface area contributed by atoms with Gasteiger partial charge in [-0.05, 0) is 18.2 Å². The Morgan fingerprint density at radius 3 is 2.41 bits per heavy atom. The average molecular weight is 402 g/mol. The predicted octanol–water partition coefficient (Wildman–Crippen LogP) is 4.23. The molecule has 1 N–H and O–H groups in total. The first kappa shape index (κ1) is 20.7. The molecule has 0 unspecified atom stereocenters. The van der Waals surface area contributed by atoms with E-state index in [1.54, 1.807) is 18.2 Å². The van der Waals surface area contributed by atoms with Crippen molar-refractivity contribution in [1.82, 2.24) is 0 Å². The Bertz CT molecular complexity index is 812. The normalized spacial score (nSPS) is 12.3. The van der Waals surface area contributed by atoms with E-state index in [1.807, 2.05) is 0 Å². The second kappa shape index (κ2) is 8.88. The molecule has 0 spiro atoms. The first-order valence-corrected chi connectivity index (χ1v) is 8.01. The molecule has 0 aliphatic carbocycles. The van der Waals surface area contributed by atoms with Gasteiger partial charge in [0, 0.05) is 12.7 Å². The number of hydrogen-bond donors (Lipinski definition) is 1. The highest BCUT2D eigenvalue weighted by molar-refractivity contribution is 6.33.